The molecule has 3 rings (SSSR count). The Morgan fingerprint density at radius 2 is 2.08 bits per heavy atom. The molecule has 0 radical (unpaired) electrons. The molecule has 2 aromatic rings. The van der Waals surface area contributed by atoms with Crippen molar-refractivity contribution >= 4 is 11.6 Å². The molecule has 1 atom stereocenters. The average molecular weight is 340 g/mol. The Balaban J connectivity index is 1.55. The lowest BCUT2D eigenvalue weighted by atomic mass is 10.1. The lowest BCUT2D eigenvalue weighted by Gasteiger charge is -2.13. The van der Waals surface area contributed by atoms with E-state index in [1.165, 1.54) is 0 Å². The van der Waals surface area contributed by atoms with Gasteiger partial charge in [0.1, 0.15) is 12.7 Å². The summed E-state index contributed by atoms with van der Waals surface area (Å²) in [5, 5.41) is 3.26. The van der Waals surface area contributed by atoms with Crippen molar-refractivity contribution in [2.24, 2.45) is 0 Å². The lowest BCUT2D eigenvalue weighted by molar-refractivity contribution is -0.0407. The summed E-state index contributed by atoms with van der Waals surface area (Å²) in [5.74, 6) is -0.315. The van der Waals surface area contributed by atoms with E-state index in [1.807, 2.05) is 43.3 Å². The van der Waals surface area contributed by atoms with Crippen LogP contribution in [-0.4, -0.2) is 23.6 Å². The number of hydrogen-bond donors (Lipinski definition) is 3. The first kappa shape index (κ1) is 16.9. The van der Waals surface area contributed by atoms with Crippen molar-refractivity contribution in [2.75, 3.05) is 11.9 Å². The van der Waals surface area contributed by atoms with Crippen LogP contribution in [0.5, 0.6) is 0 Å². The topological polar surface area (TPSA) is 84.5 Å². The van der Waals surface area contributed by atoms with Gasteiger partial charge in [0.25, 0.3) is 5.91 Å². The second-order valence-electron chi connectivity index (χ2n) is 5.60. The van der Waals surface area contributed by atoms with E-state index in [0.717, 1.165) is 16.9 Å². The Kier molecular flexibility index (Phi) is 5.61. The molecule has 1 aliphatic rings. The molecule has 2 heterocycles. The number of aromatic nitrogens is 1. The van der Waals surface area contributed by atoms with Crippen LogP contribution in [0.1, 0.15) is 22.8 Å². The van der Waals surface area contributed by atoms with Crippen molar-refractivity contribution in [1.29, 1.82) is 0 Å². The smallest absolute Gasteiger partial charge is 0.276 e. The molecular weight excluding hydrogens is 320 g/mol. The van der Waals surface area contributed by atoms with Crippen LogP contribution in [-0.2, 0) is 16.2 Å². The first-order chi connectivity index (χ1) is 12.2. The fraction of sp³-hybridized carbons (Fsp3) is 0.222. The average Bonchev–Trinajstić information content (AvgIpc) is 3.06. The fourth-order valence-electron chi connectivity index (χ4n) is 2.38. The van der Waals surface area contributed by atoms with Crippen LogP contribution in [0.2, 0.25) is 0 Å². The summed E-state index contributed by atoms with van der Waals surface area (Å²) in [6.07, 6.45) is 5.13. The van der Waals surface area contributed by atoms with Gasteiger partial charge in [-0.3, -0.25) is 24.9 Å². The second-order valence-corrected chi connectivity index (χ2v) is 5.60. The van der Waals surface area contributed by atoms with Crippen molar-refractivity contribution in [3.05, 3.63) is 71.7 Å². The molecule has 0 spiro atoms. The minimum Gasteiger partial charge on any atom is -0.380 e. The number of para-hydroxylation sites is 1. The summed E-state index contributed by atoms with van der Waals surface area (Å²) in [6.45, 7) is 2.71. The Hall–Kier alpha value is -2.90. The summed E-state index contributed by atoms with van der Waals surface area (Å²) < 4.78 is 0. The van der Waals surface area contributed by atoms with Crippen LogP contribution in [0.4, 0.5) is 5.69 Å². The number of hydrogen-bond acceptors (Lipinski definition) is 6. The van der Waals surface area contributed by atoms with Crippen molar-refractivity contribution in [2.45, 2.75) is 19.6 Å². The highest BCUT2D eigenvalue weighted by molar-refractivity contribution is 5.98. The van der Waals surface area contributed by atoms with Gasteiger partial charge < -0.3 is 5.32 Å². The van der Waals surface area contributed by atoms with E-state index >= 15 is 0 Å². The number of anilines is 1. The number of carbonyl (C=O) groups excluding carboxylic acids is 1. The maximum atomic E-state index is 12.4. The normalized spacial score (nSPS) is 16.0. The molecular formula is C18H20N4O3. The van der Waals surface area contributed by atoms with Gasteiger partial charge in [-0.15, -0.1) is 0 Å². The molecule has 0 bridgehead atoms. The van der Waals surface area contributed by atoms with Crippen molar-refractivity contribution in [3.8, 4) is 0 Å². The lowest BCUT2D eigenvalue weighted by Crippen LogP contribution is -2.29. The monoisotopic (exact) mass is 340 g/mol. The molecule has 1 aromatic carbocycles. The number of carbonyl (C=O) groups is 1. The van der Waals surface area contributed by atoms with Crippen LogP contribution >= 0.6 is 0 Å². The molecule has 1 amide bonds. The predicted molar refractivity (Wildman–Crippen MR) is 93.2 cm³/mol. The van der Waals surface area contributed by atoms with Gasteiger partial charge in [-0.1, -0.05) is 12.1 Å². The number of allylic oxidation sites excluding steroid dienone is 1. The van der Waals surface area contributed by atoms with Crippen molar-refractivity contribution in [3.63, 3.8) is 0 Å². The fourth-order valence-corrected chi connectivity index (χ4v) is 2.38. The first-order valence-corrected chi connectivity index (χ1v) is 7.96. The molecule has 0 saturated heterocycles. The molecule has 130 valence electrons. The molecule has 7 nitrogen and oxygen atoms in total. The van der Waals surface area contributed by atoms with Gasteiger partial charge >= 0.3 is 0 Å². The third-order valence-corrected chi connectivity index (χ3v) is 3.62. The summed E-state index contributed by atoms with van der Waals surface area (Å²) in [6, 6.07) is 11.1. The summed E-state index contributed by atoms with van der Waals surface area (Å²) in [4.78, 5) is 26.8. The van der Waals surface area contributed by atoms with Gasteiger partial charge in [0.05, 0.1) is 5.56 Å². The quantitative estimate of drug-likeness (QED) is 0.670. The minimum atomic E-state index is -0.315. The highest BCUT2D eigenvalue weighted by Crippen LogP contribution is 2.16. The van der Waals surface area contributed by atoms with Gasteiger partial charge in [0.15, 0.2) is 0 Å². The Morgan fingerprint density at radius 1 is 1.28 bits per heavy atom. The number of benzene rings is 1. The van der Waals surface area contributed by atoms with Gasteiger partial charge in [-0.05, 0) is 42.8 Å². The maximum absolute atomic E-state index is 12.4. The molecule has 1 unspecified atom stereocenters. The predicted octanol–water partition coefficient (Wildman–Crippen LogP) is 2.16. The van der Waals surface area contributed by atoms with E-state index in [2.05, 4.69) is 21.3 Å². The number of amides is 1. The zero-order valence-electron chi connectivity index (χ0n) is 13.9. The van der Waals surface area contributed by atoms with E-state index in [0.29, 0.717) is 12.1 Å². The van der Waals surface area contributed by atoms with Crippen LogP contribution in [0.25, 0.3) is 0 Å². The third kappa shape index (κ3) is 4.79. The molecule has 7 heteroatoms. The minimum absolute atomic E-state index is 0.222. The molecule has 3 N–H and O–H groups in total. The largest absolute Gasteiger partial charge is 0.380 e. The van der Waals surface area contributed by atoms with Gasteiger partial charge in [0.2, 0.25) is 0 Å². The van der Waals surface area contributed by atoms with Crippen molar-refractivity contribution < 1.29 is 14.5 Å². The number of hydroxylamine groups is 2. The van der Waals surface area contributed by atoms with Crippen LogP contribution in [0.15, 0.2) is 60.6 Å². The van der Waals surface area contributed by atoms with E-state index in [4.69, 9.17) is 9.68 Å². The van der Waals surface area contributed by atoms with E-state index in [-0.39, 0.29) is 18.6 Å². The molecule has 1 aliphatic heterocycles. The van der Waals surface area contributed by atoms with E-state index in [9.17, 15) is 4.79 Å². The van der Waals surface area contributed by atoms with E-state index < -0.39 is 0 Å². The highest BCUT2D eigenvalue weighted by atomic mass is 16.7. The maximum Gasteiger partial charge on any atom is 0.276 e. The van der Waals surface area contributed by atoms with Crippen LogP contribution in [0, 0.1) is 0 Å². The standard InChI is InChI=1S/C18H20N4O3/c1-13-10-15(25-21-13)12-24-22-18(23)16-4-2-3-5-17(16)20-11-14-6-8-19-9-7-14/h2-10,15,20-21H,11-12H2,1H3,(H,22,23). The van der Waals surface area contributed by atoms with Gasteiger partial charge in [-0.2, -0.15) is 0 Å². The first-order valence-electron chi connectivity index (χ1n) is 7.96. The Bertz CT molecular complexity index is 749. The molecule has 0 aliphatic carbocycles. The molecule has 0 saturated carbocycles. The molecule has 0 fully saturated rings. The SMILES string of the molecule is CC1=CC(CONC(=O)c2ccccc2NCc2ccncc2)ON1. The number of nitrogens with one attached hydrogen (secondary N) is 3. The summed E-state index contributed by atoms with van der Waals surface area (Å²) >= 11 is 0. The zero-order valence-corrected chi connectivity index (χ0v) is 13.9. The number of pyridine rings is 1. The Labute approximate surface area is 146 Å². The summed E-state index contributed by atoms with van der Waals surface area (Å²) in [5.41, 5.74) is 8.43. The Morgan fingerprint density at radius 3 is 2.84 bits per heavy atom. The second kappa shape index (κ2) is 8.27. The number of rotatable bonds is 7. The highest BCUT2D eigenvalue weighted by Gasteiger charge is 2.16. The summed E-state index contributed by atoms with van der Waals surface area (Å²) in [7, 11) is 0. The van der Waals surface area contributed by atoms with Crippen LogP contribution in [0.3, 0.4) is 0 Å². The third-order valence-electron chi connectivity index (χ3n) is 3.62. The van der Waals surface area contributed by atoms with Crippen LogP contribution < -0.4 is 16.3 Å². The van der Waals surface area contributed by atoms with Gasteiger partial charge in [-0.25, -0.2) is 5.48 Å². The molecule has 1 aromatic heterocycles. The number of nitrogens with zero attached hydrogens (tertiary/aromatic N) is 1. The van der Waals surface area contributed by atoms with Gasteiger partial charge in [0, 0.05) is 30.3 Å². The van der Waals surface area contributed by atoms with Crippen molar-refractivity contribution in [1.82, 2.24) is 15.9 Å². The van der Waals surface area contributed by atoms with E-state index in [1.54, 1.807) is 18.5 Å². The molecule has 25 heavy (non-hydrogen) atoms. The zero-order chi connectivity index (χ0) is 17.5.